The lowest BCUT2D eigenvalue weighted by Gasteiger charge is -2.25. The van der Waals surface area contributed by atoms with Crippen molar-refractivity contribution >= 4 is 11.7 Å². The molecule has 1 fully saturated rings. The molecule has 0 aromatic carbocycles. The third-order valence-electron chi connectivity index (χ3n) is 6.28. The van der Waals surface area contributed by atoms with Crippen LogP contribution in [-0.2, 0) is 17.6 Å². The molecule has 2 aromatic heterocycles. The van der Waals surface area contributed by atoms with Gasteiger partial charge < -0.3 is 15.0 Å². The van der Waals surface area contributed by atoms with Crippen molar-refractivity contribution in [3.8, 4) is 17.3 Å². The SMILES string of the molecule is C[C@H]1C[C@@H](Oc2ccnc(-c3nc4c(c(N(C)CC(=O)NC(C)(C)C)n3)CCC4)c2)CN1C. The zero-order chi connectivity index (χ0) is 23.8. The summed E-state index contributed by atoms with van der Waals surface area (Å²) in [4.78, 5) is 31.0. The van der Waals surface area contributed by atoms with E-state index in [2.05, 4.69) is 29.2 Å². The molecule has 2 aromatic rings. The van der Waals surface area contributed by atoms with E-state index < -0.39 is 0 Å². The number of aromatic nitrogens is 3. The minimum atomic E-state index is -0.271. The number of pyridine rings is 1. The van der Waals surface area contributed by atoms with Gasteiger partial charge in [-0.25, -0.2) is 9.97 Å². The van der Waals surface area contributed by atoms with Crippen molar-refractivity contribution in [2.24, 2.45) is 0 Å². The van der Waals surface area contributed by atoms with Crippen molar-refractivity contribution in [2.75, 3.05) is 32.1 Å². The topological polar surface area (TPSA) is 83.5 Å². The fourth-order valence-electron chi connectivity index (χ4n) is 4.61. The second kappa shape index (κ2) is 9.25. The van der Waals surface area contributed by atoms with E-state index in [-0.39, 0.29) is 24.1 Å². The highest BCUT2D eigenvalue weighted by molar-refractivity contribution is 5.82. The summed E-state index contributed by atoms with van der Waals surface area (Å²) in [5.74, 6) is 2.16. The average molecular weight is 453 g/mol. The van der Waals surface area contributed by atoms with E-state index in [1.54, 1.807) is 6.20 Å². The van der Waals surface area contributed by atoms with E-state index in [0.717, 1.165) is 55.1 Å². The standard InChI is InChI=1S/C25H36N6O2/c1-16-12-18(14-30(16)5)33-17-10-11-26-21(13-17)23-27-20-9-7-8-19(20)24(28-23)31(6)15-22(32)29-25(2,3)4/h10-11,13,16,18H,7-9,12,14-15H2,1-6H3,(H,29,32)/t16-,18+/m0/s1. The largest absolute Gasteiger partial charge is 0.489 e. The molecule has 33 heavy (non-hydrogen) atoms. The van der Waals surface area contributed by atoms with Crippen LogP contribution >= 0.6 is 0 Å². The third kappa shape index (κ3) is 5.61. The normalized spacial score (nSPS) is 20.5. The molecule has 178 valence electrons. The van der Waals surface area contributed by atoms with Crippen LogP contribution in [0.25, 0.3) is 11.5 Å². The fourth-order valence-corrected chi connectivity index (χ4v) is 4.61. The van der Waals surface area contributed by atoms with Gasteiger partial charge >= 0.3 is 0 Å². The molecular formula is C25H36N6O2. The number of carbonyl (C=O) groups excluding carboxylic acids is 1. The molecule has 1 amide bonds. The number of nitrogens with one attached hydrogen (secondary N) is 1. The summed E-state index contributed by atoms with van der Waals surface area (Å²) in [7, 11) is 4.04. The van der Waals surface area contributed by atoms with Crippen LogP contribution < -0.4 is 15.0 Å². The summed E-state index contributed by atoms with van der Waals surface area (Å²) in [5.41, 5.74) is 2.61. The highest BCUT2D eigenvalue weighted by Crippen LogP contribution is 2.31. The Bertz CT molecular complexity index is 1010. The monoisotopic (exact) mass is 452 g/mol. The first-order chi connectivity index (χ1) is 15.6. The Hall–Kier alpha value is -2.74. The third-order valence-corrected chi connectivity index (χ3v) is 6.28. The molecule has 3 heterocycles. The maximum absolute atomic E-state index is 12.5. The Morgan fingerprint density at radius 1 is 1.30 bits per heavy atom. The summed E-state index contributed by atoms with van der Waals surface area (Å²) in [5, 5.41) is 3.03. The Morgan fingerprint density at radius 2 is 2.09 bits per heavy atom. The molecule has 0 unspecified atom stereocenters. The minimum Gasteiger partial charge on any atom is -0.489 e. The maximum Gasteiger partial charge on any atom is 0.239 e. The molecule has 8 nitrogen and oxygen atoms in total. The van der Waals surface area contributed by atoms with Gasteiger partial charge in [0, 0.05) is 55.1 Å². The summed E-state index contributed by atoms with van der Waals surface area (Å²) < 4.78 is 6.25. The number of anilines is 1. The van der Waals surface area contributed by atoms with E-state index >= 15 is 0 Å². The van der Waals surface area contributed by atoms with Crippen molar-refractivity contribution in [1.82, 2.24) is 25.2 Å². The number of carbonyl (C=O) groups is 1. The Kier molecular flexibility index (Phi) is 6.56. The quantitative estimate of drug-likeness (QED) is 0.722. The van der Waals surface area contributed by atoms with Crippen LogP contribution in [0.5, 0.6) is 5.75 Å². The predicted molar refractivity (Wildman–Crippen MR) is 130 cm³/mol. The van der Waals surface area contributed by atoms with E-state index in [1.165, 1.54) is 0 Å². The van der Waals surface area contributed by atoms with Crippen molar-refractivity contribution in [3.05, 3.63) is 29.6 Å². The average Bonchev–Trinajstić information content (AvgIpc) is 3.31. The van der Waals surface area contributed by atoms with Crippen LogP contribution in [0.2, 0.25) is 0 Å². The van der Waals surface area contributed by atoms with Crippen molar-refractivity contribution < 1.29 is 9.53 Å². The number of ether oxygens (including phenoxy) is 1. The summed E-state index contributed by atoms with van der Waals surface area (Å²) in [6, 6.07) is 4.34. The Morgan fingerprint density at radius 3 is 2.79 bits per heavy atom. The first-order valence-corrected chi connectivity index (χ1v) is 11.8. The lowest BCUT2D eigenvalue weighted by Crippen LogP contribution is -2.45. The molecule has 0 saturated carbocycles. The van der Waals surface area contributed by atoms with E-state index in [0.29, 0.717) is 17.6 Å². The van der Waals surface area contributed by atoms with Gasteiger partial charge in [-0.2, -0.15) is 0 Å². The Balaban J connectivity index is 1.57. The molecule has 0 radical (unpaired) electrons. The van der Waals surface area contributed by atoms with Crippen LogP contribution in [0, 0.1) is 0 Å². The number of fused-ring (bicyclic) bond motifs is 1. The van der Waals surface area contributed by atoms with Crippen molar-refractivity contribution in [3.63, 3.8) is 0 Å². The summed E-state index contributed by atoms with van der Waals surface area (Å²) in [6.07, 6.45) is 5.83. The number of hydrogen-bond donors (Lipinski definition) is 1. The number of likely N-dealkylation sites (tertiary alicyclic amines) is 1. The van der Waals surface area contributed by atoms with Gasteiger partial charge in [0.1, 0.15) is 23.4 Å². The van der Waals surface area contributed by atoms with Crippen LogP contribution in [0.15, 0.2) is 18.3 Å². The minimum absolute atomic E-state index is 0.0267. The van der Waals surface area contributed by atoms with Crippen molar-refractivity contribution in [1.29, 1.82) is 0 Å². The molecule has 1 aliphatic carbocycles. The first kappa shape index (κ1) is 23.4. The Labute approximate surface area is 196 Å². The van der Waals surface area contributed by atoms with Gasteiger partial charge in [0.15, 0.2) is 5.82 Å². The van der Waals surface area contributed by atoms with Gasteiger partial charge in [0.2, 0.25) is 5.91 Å². The molecule has 0 spiro atoms. The molecule has 2 aliphatic rings. The van der Waals surface area contributed by atoms with Gasteiger partial charge in [-0.1, -0.05) is 0 Å². The summed E-state index contributed by atoms with van der Waals surface area (Å²) >= 11 is 0. The van der Waals surface area contributed by atoms with Crippen LogP contribution in [0.1, 0.15) is 51.8 Å². The van der Waals surface area contributed by atoms with Crippen LogP contribution in [0.3, 0.4) is 0 Å². The smallest absolute Gasteiger partial charge is 0.239 e. The molecule has 1 N–H and O–H groups in total. The summed E-state index contributed by atoms with van der Waals surface area (Å²) in [6.45, 7) is 9.33. The van der Waals surface area contributed by atoms with E-state index in [1.807, 2.05) is 44.9 Å². The molecular weight excluding hydrogens is 416 g/mol. The zero-order valence-corrected chi connectivity index (χ0v) is 20.7. The number of rotatable bonds is 6. The maximum atomic E-state index is 12.5. The molecule has 1 saturated heterocycles. The van der Waals surface area contributed by atoms with Crippen LogP contribution in [0.4, 0.5) is 5.82 Å². The number of amides is 1. The lowest BCUT2D eigenvalue weighted by atomic mass is 10.1. The number of aryl methyl sites for hydroxylation is 1. The lowest BCUT2D eigenvalue weighted by molar-refractivity contribution is -0.121. The van der Waals surface area contributed by atoms with Gasteiger partial charge in [0.05, 0.1) is 6.54 Å². The van der Waals surface area contributed by atoms with E-state index in [9.17, 15) is 4.79 Å². The van der Waals surface area contributed by atoms with Gasteiger partial charge in [-0.15, -0.1) is 0 Å². The van der Waals surface area contributed by atoms with Crippen LogP contribution in [-0.4, -0.2) is 70.6 Å². The second-order valence-electron chi connectivity index (χ2n) is 10.4. The molecule has 1 aliphatic heterocycles. The molecule has 2 atom stereocenters. The zero-order valence-electron chi connectivity index (χ0n) is 20.7. The predicted octanol–water partition coefficient (Wildman–Crippen LogP) is 2.85. The molecule has 4 rings (SSSR count). The highest BCUT2D eigenvalue weighted by atomic mass is 16.5. The van der Waals surface area contributed by atoms with Gasteiger partial charge in [0.25, 0.3) is 0 Å². The second-order valence-corrected chi connectivity index (χ2v) is 10.4. The van der Waals surface area contributed by atoms with Gasteiger partial charge in [-0.3, -0.25) is 14.7 Å². The molecule has 8 heteroatoms. The fraction of sp³-hybridized carbons (Fsp3) is 0.600. The van der Waals surface area contributed by atoms with Crippen molar-refractivity contribution in [2.45, 2.75) is 71.1 Å². The number of nitrogens with zero attached hydrogens (tertiary/aromatic N) is 5. The molecule has 0 bridgehead atoms. The number of hydrogen-bond acceptors (Lipinski definition) is 7. The first-order valence-electron chi connectivity index (χ1n) is 11.8. The highest BCUT2D eigenvalue weighted by Gasteiger charge is 2.28. The van der Waals surface area contributed by atoms with Gasteiger partial charge in [-0.05, 0) is 60.1 Å². The number of likely N-dealkylation sites (N-methyl/N-ethyl adjacent to an activating group) is 2. The van der Waals surface area contributed by atoms with E-state index in [4.69, 9.17) is 14.7 Å².